The molecule has 5 heterocycles. The van der Waals surface area contributed by atoms with Crippen LogP contribution < -0.4 is 35.6 Å². The van der Waals surface area contributed by atoms with Gasteiger partial charge in [-0.05, 0) is 122 Å². The van der Waals surface area contributed by atoms with Crippen LogP contribution in [0.3, 0.4) is 0 Å². The van der Waals surface area contributed by atoms with E-state index in [1.807, 2.05) is 94.6 Å². The third-order valence-electron chi connectivity index (χ3n) is 16.9. The van der Waals surface area contributed by atoms with Gasteiger partial charge in [-0.15, -0.1) is 22.9 Å². The lowest BCUT2D eigenvalue weighted by molar-refractivity contribution is -0.137. The number of amides is 9. The van der Waals surface area contributed by atoms with E-state index in [1.165, 1.54) is 46.1 Å². The molecule has 0 aliphatic carbocycles. The van der Waals surface area contributed by atoms with Crippen molar-refractivity contribution in [1.29, 1.82) is 0 Å². The molecule has 3 aliphatic heterocycles. The summed E-state index contributed by atoms with van der Waals surface area (Å²) in [7, 11) is 3.24. The number of rotatable bonds is 30. The van der Waals surface area contributed by atoms with Crippen LogP contribution in [-0.2, 0) is 46.5 Å². The van der Waals surface area contributed by atoms with Crippen molar-refractivity contribution in [2.45, 2.75) is 111 Å². The van der Waals surface area contributed by atoms with Crippen LogP contribution in [0, 0.1) is 18.3 Å². The number of ether oxygens (including phenoxy) is 3. The number of benzene rings is 4. The SMILES string of the molecule is Cc1csc2c(OC(=O)N(C)CC(C)(C)CN(C)C(=O)OCc3ccc(NC(=O)CNC(=O)C(CC(C)C)NC(=O)C(Cc4ccccc4)NC(=O)CCCCCN4C(=O)C=CC4=O)cc3)cc3c(c12)C(CCl)CN3C(=O)c1cc2cc(OCCN3CCCC3)ccc2[nH]1. The van der Waals surface area contributed by atoms with Crippen LogP contribution in [0.4, 0.5) is 21.0 Å². The van der Waals surface area contributed by atoms with Crippen molar-refractivity contribution in [2.75, 3.05) is 89.2 Å². The number of carbonyl (C=O) groups is 9. The van der Waals surface area contributed by atoms with Gasteiger partial charge < -0.3 is 55.2 Å². The van der Waals surface area contributed by atoms with E-state index in [0.717, 1.165) is 68.0 Å². The third kappa shape index (κ3) is 18.3. The van der Waals surface area contributed by atoms with Gasteiger partial charge in [0, 0.05) is 117 Å². The van der Waals surface area contributed by atoms with E-state index in [-0.39, 0.29) is 86.8 Å². The van der Waals surface area contributed by atoms with E-state index in [4.69, 9.17) is 25.8 Å². The number of thiophene rings is 1. The second-order valence-corrected chi connectivity index (χ2v) is 26.9. The number of aryl methyl sites for hydroxylation is 1. The maximum atomic E-state index is 14.5. The molecule has 0 saturated carbocycles. The molecule has 6 aromatic rings. The fourth-order valence-corrected chi connectivity index (χ4v) is 13.6. The first-order chi connectivity index (χ1) is 45.0. The van der Waals surface area contributed by atoms with Crippen molar-refractivity contribution < 1.29 is 57.4 Å². The number of nitrogens with zero attached hydrogens (tertiary/aromatic N) is 5. The zero-order valence-electron chi connectivity index (χ0n) is 54.5. The van der Waals surface area contributed by atoms with Gasteiger partial charge in [0.1, 0.15) is 36.7 Å². The molecule has 2 aromatic heterocycles. The van der Waals surface area contributed by atoms with Crippen molar-refractivity contribution in [3.05, 3.63) is 130 Å². The number of halogens is 1. The molecule has 3 aliphatic rings. The van der Waals surface area contributed by atoms with Crippen LogP contribution in [0.5, 0.6) is 11.5 Å². The molecule has 9 rings (SSSR count). The Morgan fingerprint density at radius 2 is 1.51 bits per heavy atom. The predicted molar refractivity (Wildman–Crippen MR) is 362 cm³/mol. The van der Waals surface area contributed by atoms with Crippen LogP contribution in [0.1, 0.15) is 111 Å². The molecule has 0 radical (unpaired) electrons. The van der Waals surface area contributed by atoms with Crippen LogP contribution in [0.2, 0.25) is 0 Å². The number of unbranched alkanes of at least 4 members (excludes halogenated alkanes) is 2. The second-order valence-electron chi connectivity index (χ2n) is 25.8. The molecule has 24 heteroatoms. The Bertz CT molecular complexity index is 3750. The fraction of sp³-hybridized carbons (Fsp3) is 0.443. The van der Waals surface area contributed by atoms with E-state index in [1.54, 1.807) is 49.3 Å². The molecular formula is C70H85ClN10O12S. The van der Waals surface area contributed by atoms with Crippen LogP contribution in [-0.4, -0.2) is 169 Å². The molecular weight excluding hydrogens is 1240 g/mol. The van der Waals surface area contributed by atoms with E-state index >= 15 is 0 Å². The van der Waals surface area contributed by atoms with Gasteiger partial charge in [-0.1, -0.05) is 76.6 Å². The third-order valence-corrected chi connectivity index (χ3v) is 18.4. The number of hydrogen-bond donors (Lipinski definition) is 5. The summed E-state index contributed by atoms with van der Waals surface area (Å²) >= 11 is 8.10. The highest BCUT2D eigenvalue weighted by atomic mass is 35.5. The summed E-state index contributed by atoms with van der Waals surface area (Å²) < 4.78 is 18.7. The summed E-state index contributed by atoms with van der Waals surface area (Å²) in [5.74, 6) is -1.84. The lowest BCUT2D eigenvalue weighted by Gasteiger charge is -2.33. The summed E-state index contributed by atoms with van der Waals surface area (Å²) in [6.45, 7) is 13.8. The number of nitrogens with one attached hydrogen (secondary N) is 5. The van der Waals surface area contributed by atoms with Gasteiger partial charge in [-0.2, -0.15) is 0 Å². The maximum Gasteiger partial charge on any atom is 0.415 e. The highest BCUT2D eigenvalue weighted by Gasteiger charge is 2.38. The Labute approximate surface area is 557 Å². The van der Waals surface area contributed by atoms with Gasteiger partial charge in [0.2, 0.25) is 23.6 Å². The summed E-state index contributed by atoms with van der Waals surface area (Å²) in [4.78, 5) is 131. The molecule has 500 valence electrons. The monoisotopic (exact) mass is 1320 g/mol. The molecule has 3 atom stereocenters. The summed E-state index contributed by atoms with van der Waals surface area (Å²) in [5, 5.41) is 14.8. The van der Waals surface area contributed by atoms with Crippen molar-refractivity contribution in [2.24, 2.45) is 11.3 Å². The average Bonchev–Trinajstić information content (AvgIpc) is 1.57. The molecule has 1 fully saturated rings. The van der Waals surface area contributed by atoms with Crippen molar-refractivity contribution >= 4 is 109 Å². The number of imide groups is 1. The Balaban J connectivity index is 0.725. The number of hydrogen-bond acceptors (Lipinski definition) is 14. The normalized spacial score (nSPS) is 15.3. The largest absolute Gasteiger partial charge is 0.492 e. The van der Waals surface area contributed by atoms with Crippen molar-refractivity contribution in [3.8, 4) is 11.5 Å². The molecule has 0 spiro atoms. The minimum Gasteiger partial charge on any atom is -0.492 e. The van der Waals surface area contributed by atoms with Gasteiger partial charge in [0.15, 0.2) is 5.75 Å². The number of fused-ring (bicyclic) bond motifs is 4. The smallest absolute Gasteiger partial charge is 0.415 e. The van der Waals surface area contributed by atoms with Crippen LogP contribution in [0.15, 0.2) is 102 Å². The van der Waals surface area contributed by atoms with Gasteiger partial charge in [-0.3, -0.25) is 43.4 Å². The minimum absolute atomic E-state index is 0.0281. The number of alkyl halides is 1. The van der Waals surface area contributed by atoms with Gasteiger partial charge in [0.25, 0.3) is 17.7 Å². The Hall–Kier alpha value is -8.80. The summed E-state index contributed by atoms with van der Waals surface area (Å²) in [6, 6.07) is 23.2. The van der Waals surface area contributed by atoms with Gasteiger partial charge in [0.05, 0.1) is 16.9 Å². The quantitative estimate of drug-likeness (QED) is 0.0160. The van der Waals surface area contributed by atoms with Gasteiger partial charge in [-0.25, -0.2) is 9.59 Å². The first-order valence-electron chi connectivity index (χ1n) is 32.1. The highest BCUT2D eigenvalue weighted by Crippen LogP contribution is 2.49. The molecule has 3 unspecified atom stereocenters. The highest BCUT2D eigenvalue weighted by molar-refractivity contribution is 7.17. The number of aromatic nitrogens is 1. The zero-order valence-corrected chi connectivity index (χ0v) is 56.1. The number of carbonyl (C=O) groups excluding carboxylic acids is 9. The lowest BCUT2D eigenvalue weighted by atomic mass is 9.92. The van der Waals surface area contributed by atoms with Crippen molar-refractivity contribution in [3.63, 3.8) is 0 Å². The first-order valence-corrected chi connectivity index (χ1v) is 33.5. The van der Waals surface area contributed by atoms with E-state index in [0.29, 0.717) is 60.8 Å². The molecule has 1 saturated heterocycles. The fourth-order valence-electron chi connectivity index (χ4n) is 12.3. The van der Waals surface area contributed by atoms with Crippen LogP contribution >= 0.6 is 22.9 Å². The number of aromatic amines is 1. The Morgan fingerprint density at radius 3 is 2.21 bits per heavy atom. The number of likely N-dealkylation sites (tertiary alicyclic amines) is 1. The summed E-state index contributed by atoms with van der Waals surface area (Å²) in [5.41, 5.74) is 4.98. The zero-order chi connectivity index (χ0) is 67.2. The molecule has 94 heavy (non-hydrogen) atoms. The minimum atomic E-state index is -1.02. The van der Waals surface area contributed by atoms with E-state index < -0.39 is 54.0 Å². The Kier molecular flexibility index (Phi) is 23.6. The number of anilines is 2. The Morgan fingerprint density at radius 1 is 0.798 bits per heavy atom. The number of H-pyrrole nitrogens is 1. The molecule has 0 bridgehead atoms. The van der Waals surface area contributed by atoms with Gasteiger partial charge >= 0.3 is 12.2 Å². The topological polar surface area (TPSA) is 261 Å². The molecule has 5 N–H and O–H groups in total. The maximum absolute atomic E-state index is 14.5. The molecule has 22 nitrogen and oxygen atoms in total. The average molecular weight is 1330 g/mol. The summed E-state index contributed by atoms with van der Waals surface area (Å²) in [6.07, 6.45) is 5.77. The molecule has 4 aromatic carbocycles. The van der Waals surface area contributed by atoms with E-state index in [9.17, 15) is 43.2 Å². The molecule has 9 amide bonds. The van der Waals surface area contributed by atoms with E-state index in [2.05, 4.69) is 31.2 Å². The lowest BCUT2D eigenvalue weighted by Crippen LogP contribution is -2.55. The standard InChI is InChI=1S/C70H85ClN10O12S/c1-44(2)32-53(76-66(87)54(33-46-16-10-8-11-17-46)75-58(82)18-12-9-13-29-80-60(84)25-26-61(80)85)65(86)72-38-59(83)73-50-21-19-47(20-22-50)40-92-68(89)77(6)42-70(4,5)43-78(7)69(90)93-57-36-56-63(62-45(3)41-94-64(57)62)49(37-71)39-81(56)67(88)55-35-48-34-51(23-24-52(48)74-55)91-31-30-79-27-14-15-28-79/h8,10-11,16-17,19-26,34-36,41,44,49,53-54,74H,9,12-15,18,27-33,37-40,42-43H2,1-7H3,(H,72,86)(H,73,83)(H,75,82)(H,76,87). The van der Waals surface area contributed by atoms with Crippen LogP contribution in [0.25, 0.3) is 21.0 Å². The first kappa shape index (κ1) is 69.5. The second kappa shape index (κ2) is 31.9. The van der Waals surface area contributed by atoms with Crippen molar-refractivity contribution in [1.82, 2.24) is 40.5 Å². The predicted octanol–water partition coefficient (Wildman–Crippen LogP) is 9.67.